The fraction of sp³-hybridized carbons (Fsp3) is 0.304. The van der Waals surface area contributed by atoms with Gasteiger partial charge in [0.15, 0.2) is 0 Å². The summed E-state index contributed by atoms with van der Waals surface area (Å²) in [5, 5.41) is 7.09. The molecule has 9 heteroatoms. The van der Waals surface area contributed by atoms with E-state index in [4.69, 9.17) is 0 Å². The van der Waals surface area contributed by atoms with Crippen molar-refractivity contribution in [2.75, 3.05) is 22.4 Å². The van der Waals surface area contributed by atoms with Gasteiger partial charge in [0.25, 0.3) is 10.0 Å². The Balaban J connectivity index is 2.04. The second-order valence-electron chi connectivity index (χ2n) is 7.76. The van der Waals surface area contributed by atoms with Crippen LogP contribution < -0.4 is 9.62 Å². The van der Waals surface area contributed by atoms with Crippen LogP contribution in [0.25, 0.3) is 0 Å². The third-order valence-electron chi connectivity index (χ3n) is 5.13. The first-order chi connectivity index (χ1) is 15.0. The maximum atomic E-state index is 13.8. The predicted octanol–water partition coefficient (Wildman–Crippen LogP) is 4.21. The van der Waals surface area contributed by atoms with Crippen LogP contribution in [0.15, 0.2) is 52.3 Å². The van der Waals surface area contributed by atoms with Gasteiger partial charge in [-0.25, -0.2) is 8.42 Å². The first-order valence-electron chi connectivity index (χ1n) is 10.1. The third kappa shape index (κ3) is 4.99. The highest BCUT2D eigenvalue weighted by molar-refractivity contribution is 7.98. The zero-order valence-electron chi connectivity index (χ0n) is 19.1. The van der Waals surface area contributed by atoms with Crippen molar-refractivity contribution in [2.24, 2.45) is 7.05 Å². The van der Waals surface area contributed by atoms with E-state index in [9.17, 15) is 13.2 Å². The molecule has 0 fully saturated rings. The molecule has 0 aliphatic heterocycles. The summed E-state index contributed by atoms with van der Waals surface area (Å²) in [4.78, 5) is 14.1. The Morgan fingerprint density at radius 3 is 2.31 bits per heavy atom. The Morgan fingerprint density at radius 1 is 1.09 bits per heavy atom. The van der Waals surface area contributed by atoms with Crippen molar-refractivity contribution < 1.29 is 13.2 Å². The number of anilines is 2. The zero-order valence-corrected chi connectivity index (χ0v) is 20.8. The number of nitrogens with zero attached hydrogens (tertiary/aromatic N) is 3. The lowest BCUT2D eigenvalue weighted by molar-refractivity contribution is -0.114. The highest BCUT2D eigenvalue weighted by Gasteiger charge is 2.32. The molecule has 7 nitrogen and oxygen atoms in total. The van der Waals surface area contributed by atoms with Crippen LogP contribution in [-0.2, 0) is 21.9 Å². The van der Waals surface area contributed by atoms with Gasteiger partial charge >= 0.3 is 0 Å². The van der Waals surface area contributed by atoms with Gasteiger partial charge in [0, 0.05) is 17.6 Å². The van der Waals surface area contributed by atoms with Crippen molar-refractivity contribution in [2.45, 2.75) is 37.5 Å². The van der Waals surface area contributed by atoms with Gasteiger partial charge in [0.05, 0.1) is 17.1 Å². The summed E-state index contributed by atoms with van der Waals surface area (Å²) in [6.07, 6.45) is 1.95. The topological polar surface area (TPSA) is 84.3 Å². The van der Waals surface area contributed by atoms with Gasteiger partial charge in [-0.1, -0.05) is 12.1 Å². The number of rotatable bonds is 7. The smallest absolute Gasteiger partial charge is 0.268 e. The summed E-state index contributed by atoms with van der Waals surface area (Å²) in [5.41, 5.74) is 3.80. The maximum Gasteiger partial charge on any atom is 0.268 e. The minimum absolute atomic E-state index is 0.122. The van der Waals surface area contributed by atoms with E-state index in [1.54, 1.807) is 50.9 Å². The standard InChI is InChI=1S/C23H28N4O3S2/c1-15-10-16(2)12-20(11-15)27(32(29,30)23-17(3)25-26(5)18(23)4)14-22(28)24-19-8-7-9-21(13-19)31-6/h7-13H,14H2,1-6H3,(H,24,28). The molecule has 0 saturated carbocycles. The van der Waals surface area contributed by atoms with Gasteiger partial charge in [-0.2, -0.15) is 5.10 Å². The largest absolute Gasteiger partial charge is 0.324 e. The first-order valence-corrected chi connectivity index (χ1v) is 12.7. The number of aromatic nitrogens is 2. The second kappa shape index (κ2) is 9.38. The molecule has 1 N–H and O–H groups in total. The molecule has 0 saturated heterocycles. The Bertz CT molecular complexity index is 1250. The first kappa shape index (κ1) is 23.9. The van der Waals surface area contributed by atoms with Crippen molar-refractivity contribution in [3.05, 3.63) is 65.0 Å². The molecule has 1 heterocycles. The molecular weight excluding hydrogens is 444 g/mol. The number of benzene rings is 2. The Kier molecular flexibility index (Phi) is 7.00. The van der Waals surface area contributed by atoms with E-state index in [1.165, 1.54) is 4.68 Å². The van der Waals surface area contributed by atoms with E-state index in [0.717, 1.165) is 20.3 Å². The lowest BCUT2D eigenvalue weighted by atomic mass is 10.1. The maximum absolute atomic E-state index is 13.8. The third-order valence-corrected chi connectivity index (χ3v) is 7.88. The molecule has 0 aliphatic carbocycles. The van der Waals surface area contributed by atoms with Crippen LogP contribution in [0, 0.1) is 27.7 Å². The van der Waals surface area contributed by atoms with Crippen LogP contribution in [-0.4, -0.2) is 36.9 Å². The molecule has 1 amide bonds. The average Bonchev–Trinajstić information content (AvgIpc) is 2.97. The van der Waals surface area contributed by atoms with Gasteiger partial charge in [0.1, 0.15) is 11.4 Å². The summed E-state index contributed by atoms with van der Waals surface area (Å²) in [7, 11) is -2.34. The van der Waals surface area contributed by atoms with Gasteiger partial charge in [0.2, 0.25) is 5.91 Å². The number of thioether (sulfide) groups is 1. The minimum atomic E-state index is -4.04. The van der Waals surface area contributed by atoms with Crippen LogP contribution in [0.2, 0.25) is 0 Å². The van der Waals surface area contributed by atoms with Crippen LogP contribution >= 0.6 is 11.8 Å². The lowest BCUT2D eigenvalue weighted by Crippen LogP contribution is -2.38. The number of hydrogen-bond acceptors (Lipinski definition) is 5. The van der Waals surface area contributed by atoms with E-state index in [1.807, 2.05) is 44.4 Å². The number of carbonyl (C=O) groups excluding carboxylic acids is 1. The molecule has 0 bridgehead atoms. The molecule has 0 aliphatic rings. The van der Waals surface area contributed by atoms with E-state index in [0.29, 0.717) is 22.8 Å². The highest BCUT2D eigenvalue weighted by Crippen LogP contribution is 2.29. The SMILES string of the molecule is CSc1cccc(NC(=O)CN(c2cc(C)cc(C)c2)S(=O)(=O)c2c(C)nn(C)c2C)c1. The molecule has 0 spiro atoms. The highest BCUT2D eigenvalue weighted by atomic mass is 32.2. The molecule has 1 aromatic heterocycles. The predicted molar refractivity (Wildman–Crippen MR) is 130 cm³/mol. The summed E-state index contributed by atoms with van der Waals surface area (Å²) >= 11 is 1.56. The van der Waals surface area contributed by atoms with Gasteiger partial charge < -0.3 is 5.32 Å². The molecule has 32 heavy (non-hydrogen) atoms. The van der Waals surface area contributed by atoms with Crippen molar-refractivity contribution in [3.63, 3.8) is 0 Å². The Hall–Kier alpha value is -2.78. The van der Waals surface area contributed by atoms with Crippen molar-refractivity contribution >= 4 is 39.1 Å². The molecule has 2 aromatic carbocycles. The van der Waals surface area contributed by atoms with E-state index >= 15 is 0 Å². The summed E-state index contributed by atoms with van der Waals surface area (Å²) in [5.74, 6) is -0.426. The van der Waals surface area contributed by atoms with E-state index in [2.05, 4.69) is 10.4 Å². The van der Waals surface area contributed by atoms with Crippen LogP contribution in [0.4, 0.5) is 11.4 Å². The summed E-state index contributed by atoms with van der Waals surface area (Å²) in [6, 6.07) is 12.9. The zero-order chi connectivity index (χ0) is 23.6. The molecule has 0 unspecified atom stereocenters. The number of aryl methyl sites for hydroxylation is 4. The number of hydrogen-bond donors (Lipinski definition) is 1. The van der Waals surface area contributed by atoms with Gasteiger partial charge in [-0.05, 0) is 75.4 Å². The molecule has 0 atom stereocenters. The van der Waals surface area contributed by atoms with Crippen LogP contribution in [0.1, 0.15) is 22.5 Å². The van der Waals surface area contributed by atoms with E-state index < -0.39 is 15.9 Å². The Labute approximate surface area is 193 Å². The fourth-order valence-electron chi connectivity index (χ4n) is 3.68. The minimum Gasteiger partial charge on any atom is -0.324 e. The lowest BCUT2D eigenvalue weighted by Gasteiger charge is -2.25. The number of sulfonamides is 1. The molecule has 3 rings (SSSR count). The molecule has 0 radical (unpaired) electrons. The van der Waals surface area contributed by atoms with Crippen molar-refractivity contribution in [1.29, 1.82) is 0 Å². The van der Waals surface area contributed by atoms with Gasteiger partial charge in [-0.3, -0.25) is 13.8 Å². The molecule has 3 aromatic rings. The monoisotopic (exact) mass is 472 g/mol. The molecule has 170 valence electrons. The number of nitrogens with one attached hydrogen (secondary N) is 1. The fourth-order valence-corrected chi connectivity index (χ4v) is 5.95. The normalized spacial score (nSPS) is 11.4. The number of carbonyl (C=O) groups is 1. The second-order valence-corrected chi connectivity index (χ2v) is 10.4. The van der Waals surface area contributed by atoms with E-state index in [-0.39, 0.29) is 11.4 Å². The van der Waals surface area contributed by atoms with Gasteiger partial charge in [-0.15, -0.1) is 11.8 Å². The molecular formula is C23H28N4O3S2. The quantitative estimate of drug-likeness (QED) is 0.521. The van der Waals surface area contributed by atoms with Crippen LogP contribution in [0.5, 0.6) is 0 Å². The summed E-state index contributed by atoms with van der Waals surface area (Å²) in [6.45, 7) is 6.81. The number of amides is 1. The van der Waals surface area contributed by atoms with Crippen molar-refractivity contribution in [3.8, 4) is 0 Å². The van der Waals surface area contributed by atoms with Crippen molar-refractivity contribution in [1.82, 2.24) is 9.78 Å². The van der Waals surface area contributed by atoms with Crippen LogP contribution in [0.3, 0.4) is 0 Å². The Morgan fingerprint density at radius 2 is 1.75 bits per heavy atom. The summed E-state index contributed by atoms with van der Waals surface area (Å²) < 4.78 is 30.3. The average molecular weight is 473 g/mol.